The maximum Gasteiger partial charge on any atom is 0.230 e. The number of thioether (sulfide) groups is 1. The number of rotatable bonds is 6. The second kappa shape index (κ2) is 7.84. The standard InChI is InChI=1S/C19H19N3OS/c1-22-17(16-10-6-3-7-11-16)13-21-19(22)24-14-18(23)20-12-15-8-4-2-5-9-15/h2-11,13H,12,14H2,1H3,(H,20,23). The van der Waals surface area contributed by atoms with E-state index in [0.717, 1.165) is 22.0 Å². The van der Waals surface area contributed by atoms with Gasteiger partial charge in [-0.25, -0.2) is 4.98 Å². The number of imidazole rings is 1. The van der Waals surface area contributed by atoms with Crippen molar-refractivity contribution in [2.24, 2.45) is 7.05 Å². The van der Waals surface area contributed by atoms with Gasteiger partial charge in [0.05, 0.1) is 17.6 Å². The Bertz CT molecular complexity index is 800. The molecular formula is C19H19N3OS. The van der Waals surface area contributed by atoms with Crippen molar-refractivity contribution < 1.29 is 4.79 Å². The molecule has 5 heteroatoms. The van der Waals surface area contributed by atoms with Crippen molar-refractivity contribution >= 4 is 17.7 Å². The zero-order valence-corrected chi connectivity index (χ0v) is 14.3. The molecule has 1 heterocycles. The summed E-state index contributed by atoms with van der Waals surface area (Å²) in [5.74, 6) is 0.361. The predicted octanol–water partition coefficient (Wildman–Crippen LogP) is 3.50. The van der Waals surface area contributed by atoms with Gasteiger partial charge in [0.1, 0.15) is 0 Å². The molecule has 0 saturated heterocycles. The summed E-state index contributed by atoms with van der Waals surface area (Å²) in [5.41, 5.74) is 3.26. The van der Waals surface area contributed by atoms with Gasteiger partial charge in [0.2, 0.25) is 5.91 Å². The van der Waals surface area contributed by atoms with E-state index >= 15 is 0 Å². The van der Waals surface area contributed by atoms with E-state index in [4.69, 9.17) is 0 Å². The summed E-state index contributed by atoms with van der Waals surface area (Å²) in [6, 6.07) is 20.0. The number of nitrogens with one attached hydrogen (secondary N) is 1. The molecule has 24 heavy (non-hydrogen) atoms. The second-order valence-corrected chi connectivity index (χ2v) is 6.34. The van der Waals surface area contributed by atoms with Crippen molar-refractivity contribution in [3.8, 4) is 11.3 Å². The molecule has 0 aliphatic rings. The van der Waals surface area contributed by atoms with Gasteiger partial charge in [-0.2, -0.15) is 0 Å². The number of aromatic nitrogens is 2. The van der Waals surface area contributed by atoms with Crippen LogP contribution in [-0.4, -0.2) is 21.2 Å². The minimum Gasteiger partial charge on any atom is -0.351 e. The van der Waals surface area contributed by atoms with Gasteiger partial charge in [0.25, 0.3) is 0 Å². The van der Waals surface area contributed by atoms with Gasteiger partial charge in [0.15, 0.2) is 5.16 Å². The number of nitrogens with zero attached hydrogens (tertiary/aromatic N) is 2. The van der Waals surface area contributed by atoms with Gasteiger partial charge in [0, 0.05) is 13.6 Å². The van der Waals surface area contributed by atoms with E-state index in [1.54, 1.807) is 0 Å². The van der Waals surface area contributed by atoms with Gasteiger partial charge in [-0.1, -0.05) is 72.4 Å². The third kappa shape index (κ3) is 4.06. The molecule has 1 aromatic heterocycles. The molecule has 0 bridgehead atoms. The third-order valence-electron chi connectivity index (χ3n) is 3.68. The highest BCUT2D eigenvalue weighted by Crippen LogP contribution is 2.24. The summed E-state index contributed by atoms with van der Waals surface area (Å²) in [6.07, 6.45) is 1.85. The molecule has 122 valence electrons. The Balaban J connectivity index is 1.55. The Hall–Kier alpha value is -2.53. The number of carbonyl (C=O) groups excluding carboxylic acids is 1. The average Bonchev–Trinajstić information content (AvgIpc) is 3.00. The van der Waals surface area contributed by atoms with E-state index in [9.17, 15) is 4.79 Å². The van der Waals surface area contributed by atoms with Crippen LogP contribution in [0.1, 0.15) is 5.56 Å². The zero-order chi connectivity index (χ0) is 16.8. The minimum absolute atomic E-state index is 0.00751. The van der Waals surface area contributed by atoms with Gasteiger partial charge in [-0.15, -0.1) is 0 Å². The van der Waals surface area contributed by atoms with Crippen LogP contribution in [0.3, 0.4) is 0 Å². The van der Waals surface area contributed by atoms with Crippen LogP contribution in [0, 0.1) is 0 Å². The van der Waals surface area contributed by atoms with Gasteiger partial charge in [-0.3, -0.25) is 4.79 Å². The molecule has 3 aromatic rings. The first-order valence-electron chi connectivity index (χ1n) is 7.74. The van der Waals surface area contributed by atoms with Crippen LogP contribution < -0.4 is 5.32 Å². The fourth-order valence-electron chi connectivity index (χ4n) is 2.38. The molecule has 1 amide bonds. The first-order valence-corrected chi connectivity index (χ1v) is 8.73. The number of benzene rings is 2. The molecule has 0 saturated carbocycles. The van der Waals surface area contributed by atoms with Crippen LogP contribution in [0.15, 0.2) is 72.0 Å². The highest BCUT2D eigenvalue weighted by Gasteiger charge is 2.10. The number of carbonyl (C=O) groups is 1. The molecule has 0 aliphatic heterocycles. The normalized spacial score (nSPS) is 10.5. The lowest BCUT2D eigenvalue weighted by molar-refractivity contribution is -0.118. The zero-order valence-electron chi connectivity index (χ0n) is 13.5. The SMILES string of the molecule is Cn1c(-c2ccccc2)cnc1SCC(=O)NCc1ccccc1. The Morgan fingerprint density at radius 3 is 2.46 bits per heavy atom. The summed E-state index contributed by atoms with van der Waals surface area (Å²) in [6.45, 7) is 0.552. The van der Waals surface area contributed by atoms with Crippen molar-refractivity contribution in [1.29, 1.82) is 0 Å². The third-order valence-corrected chi connectivity index (χ3v) is 4.72. The average molecular weight is 337 g/mol. The van der Waals surface area contributed by atoms with E-state index in [1.807, 2.05) is 66.3 Å². The van der Waals surface area contributed by atoms with Crippen LogP contribution in [0.25, 0.3) is 11.3 Å². The topological polar surface area (TPSA) is 46.9 Å². The monoisotopic (exact) mass is 337 g/mol. The van der Waals surface area contributed by atoms with Crippen molar-refractivity contribution in [2.75, 3.05) is 5.75 Å². The fraction of sp³-hybridized carbons (Fsp3) is 0.158. The molecule has 0 aliphatic carbocycles. The lowest BCUT2D eigenvalue weighted by Crippen LogP contribution is -2.24. The second-order valence-electron chi connectivity index (χ2n) is 5.40. The van der Waals surface area contributed by atoms with Crippen molar-refractivity contribution in [3.63, 3.8) is 0 Å². The molecular weight excluding hydrogens is 318 g/mol. The van der Waals surface area contributed by atoms with E-state index in [-0.39, 0.29) is 5.91 Å². The van der Waals surface area contributed by atoms with Crippen LogP contribution in [0.4, 0.5) is 0 Å². The lowest BCUT2D eigenvalue weighted by Gasteiger charge is -2.07. The number of hydrogen-bond donors (Lipinski definition) is 1. The Kier molecular flexibility index (Phi) is 5.33. The highest BCUT2D eigenvalue weighted by atomic mass is 32.2. The van der Waals surface area contributed by atoms with E-state index in [1.165, 1.54) is 11.8 Å². The van der Waals surface area contributed by atoms with Crippen LogP contribution >= 0.6 is 11.8 Å². The molecule has 0 fully saturated rings. The molecule has 0 unspecified atom stereocenters. The summed E-state index contributed by atoms with van der Waals surface area (Å²) in [7, 11) is 1.97. The summed E-state index contributed by atoms with van der Waals surface area (Å²) in [5, 5.41) is 3.77. The Morgan fingerprint density at radius 2 is 1.75 bits per heavy atom. The van der Waals surface area contributed by atoms with Crippen LogP contribution in [0.5, 0.6) is 0 Å². The summed E-state index contributed by atoms with van der Waals surface area (Å²) >= 11 is 1.45. The quantitative estimate of drug-likeness (QED) is 0.700. The number of hydrogen-bond acceptors (Lipinski definition) is 3. The van der Waals surface area contributed by atoms with Gasteiger partial charge < -0.3 is 9.88 Å². The summed E-state index contributed by atoms with van der Waals surface area (Å²) in [4.78, 5) is 16.4. The molecule has 1 N–H and O–H groups in total. The van der Waals surface area contributed by atoms with Crippen LogP contribution in [-0.2, 0) is 18.4 Å². The van der Waals surface area contributed by atoms with Gasteiger partial charge >= 0.3 is 0 Å². The maximum atomic E-state index is 12.0. The maximum absolute atomic E-state index is 12.0. The lowest BCUT2D eigenvalue weighted by atomic mass is 10.2. The smallest absolute Gasteiger partial charge is 0.230 e. The highest BCUT2D eigenvalue weighted by molar-refractivity contribution is 7.99. The fourth-order valence-corrected chi connectivity index (χ4v) is 3.16. The van der Waals surface area contributed by atoms with E-state index in [0.29, 0.717) is 12.3 Å². The largest absolute Gasteiger partial charge is 0.351 e. The van der Waals surface area contributed by atoms with E-state index < -0.39 is 0 Å². The Labute approximate surface area is 145 Å². The van der Waals surface area contributed by atoms with Crippen LogP contribution in [0.2, 0.25) is 0 Å². The molecule has 4 nitrogen and oxygen atoms in total. The summed E-state index contributed by atoms with van der Waals surface area (Å²) < 4.78 is 2.02. The molecule has 0 atom stereocenters. The minimum atomic E-state index is 0.00751. The number of amides is 1. The van der Waals surface area contributed by atoms with Gasteiger partial charge in [-0.05, 0) is 11.1 Å². The first kappa shape index (κ1) is 16.3. The van der Waals surface area contributed by atoms with E-state index in [2.05, 4.69) is 22.4 Å². The molecule has 3 rings (SSSR count). The van der Waals surface area contributed by atoms with Crippen molar-refractivity contribution in [2.45, 2.75) is 11.7 Å². The Morgan fingerprint density at radius 1 is 1.08 bits per heavy atom. The first-order chi connectivity index (χ1) is 11.7. The van der Waals surface area contributed by atoms with Crippen molar-refractivity contribution in [1.82, 2.24) is 14.9 Å². The molecule has 2 aromatic carbocycles. The van der Waals surface area contributed by atoms with Crippen molar-refractivity contribution in [3.05, 3.63) is 72.4 Å². The molecule has 0 spiro atoms. The molecule has 0 radical (unpaired) electrons. The predicted molar refractivity (Wildman–Crippen MR) is 97.7 cm³/mol.